The van der Waals surface area contributed by atoms with Gasteiger partial charge in [-0.3, -0.25) is 5.32 Å². The van der Waals surface area contributed by atoms with E-state index in [0.717, 1.165) is 6.54 Å². The molecule has 3 heteroatoms. The van der Waals surface area contributed by atoms with Gasteiger partial charge in [-0.15, -0.1) is 0 Å². The van der Waals surface area contributed by atoms with Crippen LogP contribution in [0.2, 0.25) is 0 Å². The molecule has 100 valence electrons. The van der Waals surface area contributed by atoms with Crippen LogP contribution in [-0.4, -0.2) is 5.54 Å². The lowest BCUT2D eigenvalue weighted by Crippen LogP contribution is -2.40. The maximum absolute atomic E-state index is 3.86. The Labute approximate surface area is 119 Å². The molecule has 0 saturated carbocycles. The highest BCUT2D eigenvalue weighted by Crippen LogP contribution is 2.24. The first kappa shape index (κ1) is 13.8. The highest BCUT2D eigenvalue weighted by molar-refractivity contribution is 7.13. The monoisotopic (exact) mass is 273 g/mol. The van der Waals surface area contributed by atoms with Crippen molar-refractivity contribution in [2.45, 2.75) is 32.9 Å². The van der Waals surface area contributed by atoms with E-state index < -0.39 is 0 Å². The maximum atomic E-state index is 3.86. The van der Waals surface area contributed by atoms with Gasteiger partial charge in [-0.05, 0) is 20.8 Å². The molecule has 0 aliphatic heterocycles. The number of anilines is 1. The molecule has 1 N–H and O–H groups in total. The maximum Gasteiger partial charge on any atom is 0.334 e. The van der Waals surface area contributed by atoms with E-state index in [9.17, 15) is 0 Å². The topological polar surface area (TPSA) is 15.9 Å². The number of hydrogen-bond acceptors (Lipinski definition) is 2. The van der Waals surface area contributed by atoms with Crippen molar-refractivity contribution in [2.24, 2.45) is 0 Å². The summed E-state index contributed by atoms with van der Waals surface area (Å²) in [5, 5.41) is 6.93. The van der Waals surface area contributed by atoms with E-state index in [4.69, 9.17) is 0 Å². The first-order chi connectivity index (χ1) is 9.01. The Morgan fingerprint density at radius 3 is 2.53 bits per heavy atom. The summed E-state index contributed by atoms with van der Waals surface area (Å²) in [5.74, 6) is 0. The Kier molecular flexibility index (Phi) is 4.05. The predicted molar refractivity (Wildman–Crippen MR) is 83.5 cm³/mol. The molecule has 1 aromatic carbocycles. The highest BCUT2D eigenvalue weighted by atomic mass is 32.1. The average molecular weight is 273 g/mol. The van der Waals surface area contributed by atoms with Gasteiger partial charge in [0.2, 0.25) is 0 Å². The third kappa shape index (κ3) is 3.44. The van der Waals surface area contributed by atoms with Gasteiger partial charge in [-0.25, -0.2) is 4.57 Å². The Morgan fingerprint density at radius 2 is 1.95 bits per heavy atom. The second-order valence-electron chi connectivity index (χ2n) is 5.57. The van der Waals surface area contributed by atoms with Crippen LogP contribution in [0.5, 0.6) is 0 Å². The number of thiazole rings is 1. The van der Waals surface area contributed by atoms with Gasteiger partial charge in [-0.1, -0.05) is 54.3 Å². The summed E-state index contributed by atoms with van der Waals surface area (Å²) >= 11 is 1.74. The standard InChI is InChI=1S/C16H20N2S/c1-5-11-18-14(13-9-7-6-8-10-13)12-19-15(18)17-16(2,3)4/h5-10,12H,1,11H2,2-4H3/p+1. The first-order valence-electron chi connectivity index (χ1n) is 6.47. The number of nitrogens with one attached hydrogen (secondary N) is 1. The van der Waals surface area contributed by atoms with Crippen molar-refractivity contribution in [3.63, 3.8) is 0 Å². The van der Waals surface area contributed by atoms with Gasteiger partial charge in [0.05, 0.1) is 5.54 Å². The van der Waals surface area contributed by atoms with Gasteiger partial charge in [-0.2, -0.15) is 0 Å². The van der Waals surface area contributed by atoms with Crippen molar-refractivity contribution in [1.82, 2.24) is 0 Å². The van der Waals surface area contributed by atoms with Gasteiger partial charge >= 0.3 is 5.13 Å². The van der Waals surface area contributed by atoms with E-state index in [0.29, 0.717) is 0 Å². The fourth-order valence-corrected chi connectivity index (χ4v) is 3.06. The van der Waals surface area contributed by atoms with E-state index in [1.165, 1.54) is 16.4 Å². The fourth-order valence-electron chi connectivity index (χ4n) is 1.91. The predicted octanol–water partition coefficient (Wildman–Crippen LogP) is 4.10. The molecule has 0 amide bonds. The van der Waals surface area contributed by atoms with Gasteiger partial charge in [0, 0.05) is 10.9 Å². The molecular formula is C16H21N2S+. The molecule has 0 atom stereocenters. The molecular weight excluding hydrogens is 252 g/mol. The Morgan fingerprint density at radius 1 is 1.26 bits per heavy atom. The van der Waals surface area contributed by atoms with Crippen LogP contribution in [0.25, 0.3) is 11.3 Å². The third-order valence-electron chi connectivity index (χ3n) is 2.68. The van der Waals surface area contributed by atoms with Crippen LogP contribution >= 0.6 is 11.3 Å². The minimum atomic E-state index is 0.0573. The lowest BCUT2D eigenvalue weighted by Gasteiger charge is -2.15. The smallest absolute Gasteiger partial charge is 0.261 e. The largest absolute Gasteiger partial charge is 0.334 e. The summed E-state index contributed by atoms with van der Waals surface area (Å²) in [4.78, 5) is 0. The normalized spacial score (nSPS) is 11.3. The Hall–Kier alpha value is -1.61. The molecule has 19 heavy (non-hydrogen) atoms. The second-order valence-corrected chi connectivity index (χ2v) is 6.42. The second kappa shape index (κ2) is 5.57. The fraction of sp³-hybridized carbons (Fsp3) is 0.312. The third-order valence-corrected chi connectivity index (χ3v) is 3.57. The summed E-state index contributed by atoms with van der Waals surface area (Å²) in [6, 6.07) is 10.5. The molecule has 2 aromatic rings. The number of aromatic nitrogens is 1. The minimum Gasteiger partial charge on any atom is -0.261 e. The lowest BCUT2D eigenvalue weighted by atomic mass is 10.1. The van der Waals surface area contributed by atoms with E-state index in [2.05, 4.69) is 66.9 Å². The molecule has 0 saturated heterocycles. The number of nitrogens with zero attached hydrogens (tertiary/aromatic N) is 1. The molecule has 0 bridgehead atoms. The summed E-state index contributed by atoms with van der Waals surface area (Å²) in [6.07, 6.45) is 1.94. The minimum absolute atomic E-state index is 0.0573. The van der Waals surface area contributed by atoms with Gasteiger partial charge in [0.25, 0.3) is 0 Å². The van der Waals surface area contributed by atoms with E-state index >= 15 is 0 Å². The highest BCUT2D eigenvalue weighted by Gasteiger charge is 2.23. The van der Waals surface area contributed by atoms with Gasteiger partial charge < -0.3 is 0 Å². The summed E-state index contributed by atoms with van der Waals surface area (Å²) < 4.78 is 2.28. The van der Waals surface area contributed by atoms with Crippen LogP contribution in [0.4, 0.5) is 5.13 Å². The number of rotatable bonds is 4. The van der Waals surface area contributed by atoms with E-state index in [1.54, 1.807) is 11.3 Å². The quantitative estimate of drug-likeness (QED) is 0.655. The van der Waals surface area contributed by atoms with Crippen LogP contribution in [0, 0.1) is 0 Å². The van der Waals surface area contributed by atoms with Crippen molar-refractivity contribution >= 4 is 16.5 Å². The van der Waals surface area contributed by atoms with E-state index in [-0.39, 0.29) is 5.54 Å². The molecule has 1 heterocycles. The number of hydrogen-bond donors (Lipinski definition) is 1. The molecule has 1 aromatic heterocycles. The Balaban J connectivity index is 2.43. The van der Waals surface area contributed by atoms with Crippen LogP contribution in [-0.2, 0) is 6.54 Å². The first-order valence-corrected chi connectivity index (χ1v) is 7.35. The van der Waals surface area contributed by atoms with Crippen LogP contribution in [0.15, 0.2) is 48.4 Å². The van der Waals surface area contributed by atoms with Gasteiger partial charge in [0.1, 0.15) is 12.2 Å². The molecule has 0 radical (unpaired) electrons. The zero-order valence-electron chi connectivity index (χ0n) is 11.8. The lowest BCUT2D eigenvalue weighted by molar-refractivity contribution is -0.658. The molecule has 0 spiro atoms. The summed E-state index contributed by atoms with van der Waals surface area (Å²) in [7, 11) is 0. The average Bonchev–Trinajstić information content (AvgIpc) is 2.72. The van der Waals surface area contributed by atoms with Crippen LogP contribution in [0.1, 0.15) is 20.8 Å². The van der Waals surface area contributed by atoms with Crippen molar-refractivity contribution < 1.29 is 4.57 Å². The number of allylic oxidation sites excluding steroid dienone is 1. The molecule has 0 aliphatic rings. The van der Waals surface area contributed by atoms with E-state index in [1.807, 2.05) is 12.1 Å². The Bertz CT molecular complexity index is 550. The summed E-state index contributed by atoms with van der Waals surface area (Å²) in [6.45, 7) is 11.2. The molecule has 2 nitrogen and oxygen atoms in total. The van der Waals surface area contributed by atoms with Crippen molar-refractivity contribution in [1.29, 1.82) is 0 Å². The molecule has 0 unspecified atom stereocenters. The molecule has 2 rings (SSSR count). The zero-order chi connectivity index (χ0) is 13.9. The van der Waals surface area contributed by atoms with Crippen LogP contribution < -0.4 is 9.88 Å². The summed E-state index contributed by atoms with van der Waals surface area (Å²) in [5.41, 5.74) is 2.53. The SMILES string of the molecule is C=CC[n+]1c(-c2ccccc2)csc1NC(C)(C)C. The van der Waals surface area contributed by atoms with Crippen molar-refractivity contribution in [3.8, 4) is 11.3 Å². The van der Waals surface area contributed by atoms with Crippen LogP contribution in [0.3, 0.4) is 0 Å². The van der Waals surface area contributed by atoms with Crippen molar-refractivity contribution in [3.05, 3.63) is 48.4 Å². The number of benzene rings is 1. The van der Waals surface area contributed by atoms with Crippen molar-refractivity contribution in [2.75, 3.05) is 5.32 Å². The molecule has 0 aliphatic carbocycles. The zero-order valence-corrected chi connectivity index (χ0v) is 12.6. The molecule has 0 fully saturated rings. The van der Waals surface area contributed by atoms with Gasteiger partial charge in [0.15, 0.2) is 0 Å².